The molecule has 27 heavy (non-hydrogen) atoms. The summed E-state index contributed by atoms with van der Waals surface area (Å²) in [5.74, 6) is 1.03. The van der Waals surface area contributed by atoms with Crippen LogP contribution in [0.3, 0.4) is 0 Å². The van der Waals surface area contributed by atoms with Gasteiger partial charge in [-0.05, 0) is 25.2 Å². The van der Waals surface area contributed by atoms with Gasteiger partial charge in [0.1, 0.15) is 0 Å². The minimum Gasteiger partial charge on any atom is -0.356 e. The van der Waals surface area contributed by atoms with Crippen LogP contribution in [0.25, 0.3) is 0 Å². The number of aromatic nitrogens is 1. The molecule has 1 atom stereocenters. The SMILES string of the molecule is CC(C)CNC(=O)C1CCc2nc(N3CCN(C(=O)C(C)C)CC3)sc2C1. The number of hydrogen-bond acceptors (Lipinski definition) is 5. The molecule has 1 aliphatic heterocycles. The van der Waals surface area contributed by atoms with E-state index in [-0.39, 0.29) is 23.7 Å². The van der Waals surface area contributed by atoms with Gasteiger partial charge in [0.25, 0.3) is 0 Å². The molecule has 0 aromatic carbocycles. The van der Waals surface area contributed by atoms with Crippen molar-refractivity contribution in [1.82, 2.24) is 15.2 Å². The second-order valence-corrected chi connectivity index (χ2v) is 9.47. The van der Waals surface area contributed by atoms with Gasteiger partial charge in [0.05, 0.1) is 5.69 Å². The summed E-state index contributed by atoms with van der Waals surface area (Å²) in [7, 11) is 0. The number of rotatable bonds is 5. The summed E-state index contributed by atoms with van der Waals surface area (Å²) in [4.78, 5) is 34.9. The molecule has 3 rings (SSSR count). The Morgan fingerprint density at radius 2 is 1.89 bits per heavy atom. The van der Waals surface area contributed by atoms with Crippen molar-refractivity contribution >= 4 is 28.3 Å². The highest BCUT2D eigenvalue weighted by Gasteiger charge is 2.30. The Morgan fingerprint density at radius 1 is 1.19 bits per heavy atom. The van der Waals surface area contributed by atoms with E-state index in [1.165, 1.54) is 10.6 Å². The fourth-order valence-corrected chi connectivity index (χ4v) is 4.89. The largest absolute Gasteiger partial charge is 0.356 e. The number of carbonyl (C=O) groups is 2. The molecule has 2 heterocycles. The first-order valence-electron chi connectivity index (χ1n) is 10.1. The first-order chi connectivity index (χ1) is 12.8. The Hall–Kier alpha value is -1.63. The lowest BCUT2D eigenvalue weighted by molar-refractivity contribution is -0.134. The van der Waals surface area contributed by atoms with Crippen molar-refractivity contribution in [3.05, 3.63) is 10.6 Å². The van der Waals surface area contributed by atoms with Gasteiger partial charge in [0, 0.05) is 49.4 Å². The average molecular weight is 393 g/mol. The maximum Gasteiger partial charge on any atom is 0.225 e. The summed E-state index contributed by atoms with van der Waals surface area (Å²) in [6, 6.07) is 0. The second-order valence-electron chi connectivity index (χ2n) is 8.41. The zero-order valence-corrected chi connectivity index (χ0v) is 17.8. The molecule has 1 aromatic rings. The smallest absolute Gasteiger partial charge is 0.225 e. The number of piperazine rings is 1. The number of thiazole rings is 1. The number of aryl methyl sites for hydroxylation is 1. The van der Waals surface area contributed by atoms with Gasteiger partial charge >= 0.3 is 0 Å². The highest BCUT2D eigenvalue weighted by Crippen LogP contribution is 2.34. The summed E-state index contributed by atoms with van der Waals surface area (Å²) in [5, 5.41) is 4.13. The van der Waals surface area contributed by atoms with Crippen LogP contribution in [0.15, 0.2) is 0 Å². The highest BCUT2D eigenvalue weighted by molar-refractivity contribution is 7.15. The van der Waals surface area contributed by atoms with Crippen molar-refractivity contribution in [2.45, 2.75) is 47.0 Å². The normalized spacial score (nSPS) is 20.1. The zero-order valence-electron chi connectivity index (χ0n) is 17.0. The molecule has 0 bridgehead atoms. The van der Waals surface area contributed by atoms with Gasteiger partial charge in [-0.2, -0.15) is 0 Å². The van der Waals surface area contributed by atoms with E-state index in [2.05, 4.69) is 24.1 Å². The van der Waals surface area contributed by atoms with Gasteiger partial charge in [-0.25, -0.2) is 4.98 Å². The third-order valence-electron chi connectivity index (χ3n) is 5.34. The predicted molar refractivity (Wildman–Crippen MR) is 109 cm³/mol. The van der Waals surface area contributed by atoms with Crippen LogP contribution in [0.5, 0.6) is 0 Å². The second kappa shape index (κ2) is 8.59. The van der Waals surface area contributed by atoms with Crippen molar-refractivity contribution in [2.24, 2.45) is 17.8 Å². The fraction of sp³-hybridized carbons (Fsp3) is 0.750. The molecule has 1 unspecified atom stereocenters. The first kappa shape index (κ1) is 20.1. The summed E-state index contributed by atoms with van der Waals surface area (Å²) < 4.78 is 0. The van der Waals surface area contributed by atoms with E-state index < -0.39 is 0 Å². The monoisotopic (exact) mass is 392 g/mol. The van der Waals surface area contributed by atoms with E-state index >= 15 is 0 Å². The van der Waals surface area contributed by atoms with Crippen molar-refractivity contribution in [3.63, 3.8) is 0 Å². The third-order valence-corrected chi connectivity index (χ3v) is 6.52. The molecule has 2 aliphatic rings. The van der Waals surface area contributed by atoms with Crippen LogP contribution in [0, 0.1) is 17.8 Å². The van der Waals surface area contributed by atoms with Crippen LogP contribution in [-0.4, -0.2) is 54.4 Å². The van der Waals surface area contributed by atoms with E-state index in [0.717, 1.165) is 57.1 Å². The Morgan fingerprint density at radius 3 is 2.52 bits per heavy atom. The van der Waals surface area contributed by atoms with Crippen LogP contribution >= 0.6 is 11.3 Å². The molecular formula is C20H32N4O2S. The Balaban J connectivity index is 1.57. The van der Waals surface area contributed by atoms with Gasteiger partial charge < -0.3 is 15.1 Å². The summed E-state index contributed by atoms with van der Waals surface area (Å²) in [5.41, 5.74) is 1.17. The van der Waals surface area contributed by atoms with Crippen LogP contribution in [0.4, 0.5) is 5.13 Å². The molecule has 7 heteroatoms. The predicted octanol–water partition coefficient (Wildman–Crippen LogP) is 2.32. The van der Waals surface area contributed by atoms with Crippen LogP contribution in [0.1, 0.15) is 44.7 Å². The van der Waals surface area contributed by atoms with Crippen LogP contribution < -0.4 is 10.2 Å². The minimum atomic E-state index is 0.0579. The number of amides is 2. The molecule has 0 saturated carbocycles. The van der Waals surface area contributed by atoms with E-state index in [4.69, 9.17) is 4.98 Å². The Labute approximate surface area is 166 Å². The molecule has 1 fully saturated rings. The lowest BCUT2D eigenvalue weighted by Gasteiger charge is -2.35. The lowest BCUT2D eigenvalue weighted by Crippen LogP contribution is -2.49. The maximum absolute atomic E-state index is 12.4. The molecule has 6 nitrogen and oxygen atoms in total. The molecule has 1 aromatic heterocycles. The standard InChI is InChI=1S/C20H32N4O2S/c1-13(2)12-21-18(25)15-5-6-16-17(11-15)27-20(22-16)24-9-7-23(8-10-24)19(26)14(3)4/h13-15H,5-12H2,1-4H3,(H,21,25). The molecule has 0 radical (unpaired) electrons. The lowest BCUT2D eigenvalue weighted by atomic mass is 9.90. The van der Waals surface area contributed by atoms with E-state index in [1.54, 1.807) is 11.3 Å². The van der Waals surface area contributed by atoms with Crippen LogP contribution in [-0.2, 0) is 22.4 Å². The van der Waals surface area contributed by atoms with Gasteiger partial charge in [0.2, 0.25) is 11.8 Å². The third kappa shape index (κ3) is 4.81. The van der Waals surface area contributed by atoms with Crippen molar-refractivity contribution in [1.29, 1.82) is 0 Å². The number of anilines is 1. The molecular weight excluding hydrogens is 360 g/mol. The van der Waals surface area contributed by atoms with E-state index in [9.17, 15) is 9.59 Å². The van der Waals surface area contributed by atoms with Gasteiger partial charge in [0.15, 0.2) is 5.13 Å². The maximum atomic E-state index is 12.4. The zero-order chi connectivity index (χ0) is 19.6. The number of fused-ring (bicyclic) bond motifs is 1. The quantitative estimate of drug-likeness (QED) is 0.835. The summed E-state index contributed by atoms with van der Waals surface area (Å²) in [6.07, 6.45) is 2.58. The Kier molecular flexibility index (Phi) is 6.40. The molecule has 1 N–H and O–H groups in total. The topological polar surface area (TPSA) is 65.5 Å². The van der Waals surface area contributed by atoms with Gasteiger partial charge in [-0.3, -0.25) is 9.59 Å². The van der Waals surface area contributed by atoms with Gasteiger partial charge in [-0.15, -0.1) is 11.3 Å². The Bertz CT molecular complexity index is 678. The minimum absolute atomic E-state index is 0.0579. The molecule has 2 amide bonds. The highest BCUT2D eigenvalue weighted by atomic mass is 32.1. The van der Waals surface area contributed by atoms with E-state index in [1.807, 2.05) is 18.7 Å². The molecule has 1 saturated heterocycles. The van der Waals surface area contributed by atoms with Crippen molar-refractivity contribution < 1.29 is 9.59 Å². The average Bonchev–Trinajstić information content (AvgIpc) is 3.08. The molecule has 150 valence electrons. The molecule has 1 aliphatic carbocycles. The number of carbonyl (C=O) groups excluding carboxylic acids is 2. The van der Waals surface area contributed by atoms with Gasteiger partial charge in [-0.1, -0.05) is 27.7 Å². The van der Waals surface area contributed by atoms with Crippen molar-refractivity contribution in [2.75, 3.05) is 37.6 Å². The number of hydrogen-bond donors (Lipinski definition) is 1. The fourth-order valence-electron chi connectivity index (χ4n) is 3.65. The van der Waals surface area contributed by atoms with Crippen molar-refractivity contribution in [3.8, 4) is 0 Å². The number of nitrogens with one attached hydrogen (secondary N) is 1. The summed E-state index contributed by atoms with van der Waals surface area (Å²) in [6.45, 7) is 12.1. The summed E-state index contributed by atoms with van der Waals surface area (Å²) >= 11 is 1.73. The number of nitrogens with zero attached hydrogens (tertiary/aromatic N) is 3. The first-order valence-corrected chi connectivity index (χ1v) is 11.0. The molecule has 0 spiro atoms. The van der Waals surface area contributed by atoms with E-state index in [0.29, 0.717) is 5.92 Å². The van der Waals surface area contributed by atoms with Crippen LogP contribution in [0.2, 0.25) is 0 Å².